The molecular formula is C15H17N5O3. The smallest absolute Gasteiger partial charge is 0.267 e. The highest BCUT2D eigenvalue weighted by molar-refractivity contribution is 5.89. The van der Waals surface area contributed by atoms with Crippen LogP contribution in [-0.4, -0.2) is 47.0 Å². The summed E-state index contributed by atoms with van der Waals surface area (Å²) >= 11 is 0. The minimum atomic E-state index is -0.350. The van der Waals surface area contributed by atoms with Gasteiger partial charge >= 0.3 is 0 Å². The van der Waals surface area contributed by atoms with E-state index >= 15 is 0 Å². The summed E-state index contributed by atoms with van der Waals surface area (Å²) < 4.78 is 6.45. The summed E-state index contributed by atoms with van der Waals surface area (Å²) in [5.74, 6) is 0.755. The maximum Gasteiger partial charge on any atom is 0.267 e. The highest BCUT2D eigenvalue weighted by Crippen LogP contribution is 2.10. The molecule has 1 saturated heterocycles. The Hall–Kier alpha value is -2.74. The average Bonchev–Trinajstić information content (AvgIpc) is 2.58. The third-order valence-corrected chi connectivity index (χ3v) is 3.41. The molecule has 0 spiro atoms. The van der Waals surface area contributed by atoms with E-state index in [2.05, 4.69) is 15.4 Å². The van der Waals surface area contributed by atoms with E-state index in [1.807, 2.05) is 4.90 Å². The first-order valence-electron chi connectivity index (χ1n) is 7.34. The van der Waals surface area contributed by atoms with Gasteiger partial charge in [0.15, 0.2) is 0 Å². The molecule has 0 unspecified atom stereocenters. The Kier molecular flexibility index (Phi) is 4.62. The quantitative estimate of drug-likeness (QED) is 0.861. The van der Waals surface area contributed by atoms with Crippen LogP contribution in [0.15, 0.2) is 41.3 Å². The van der Waals surface area contributed by atoms with Gasteiger partial charge in [-0.25, -0.2) is 9.67 Å². The molecule has 1 fully saturated rings. The fraction of sp³-hybridized carbons (Fsp3) is 0.333. The Morgan fingerprint density at radius 1 is 1.22 bits per heavy atom. The number of nitrogens with one attached hydrogen (secondary N) is 1. The Labute approximate surface area is 132 Å². The third kappa shape index (κ3) is 3.92. The van der Waals surface area contributed by atoms with Gasteiger partial charge in [0.25, 0.3) is 5.56 Å². The lowest BCUT2D eigenvalue weighted by Crippen LogP contribution is -2.38. The average molecular weight is 315 g/mol. The largest absolute Gasteiger partial charge is 0.378 e. The van der Waals surface area contributed by atoms with Crippen molar-refractivity contribution in [1.29, 1.82) is 0 Å². The Morgan fingerprint density at radius 3 is 2.78 bits per heavy atom. The molecule has 1 aliphatic rings. The summed E-state index contributed by atoms with van der Waals surface area (Å²) in [6.07, 6.45) is 1.58. The predicted octanol–water partition coefficient (Wildman–Crippen LogP) is 0.114. The summed E-state index contributed by atoms with van der Waals surface area (Å²) in [7, 11) is 0. The lowest BCUT2D eigenvalue weighted by molar-refractivity contribution is -0.117. The lowest BCUT2D eigenvalue weighted by Gasteiger charge is -2.27. The van der Waals surface area contributed by atoms with E-state index in [4.69, 9.17) is 4.74 Å². The second-order valence-electron chi connectivity index (χ2n) is 5.05. The van der Waals surface area contributed by atoms with Gasteiger partial charge in [0.2, 0.25) is 5.91 Å². The first-order valence-corrected chi connectivity index (χ1v) is 7.34. The summed E-state index contributed by atoms with van der Waals surface area (Å²) in [5, 5.41) is 6.90. The molecule has 0 bridgehead atoms. The van der Waals surface area contributed by atoms with E-state index in [0.717, 1.165) is 4.68 Å². The number of anilines is 2. The van der Waals surface area contributed by atoms with Crippen LogP contribution in [0.2, 0.25) is 0 Å². The van der Waals surface area contributed by atoms with Gasteiger partial charge in [0.1, 0.15) is 18.2 Å². The number of nitrogens with zero attached hydrogens (tertiary/aromatic N) is 4. The van der Waals surface area contributed by atoms with Crippen molar-refractivity contribution in [2.45, 2.75) is 6.54 Å². The van der Waals surface area contributed by atoms with Gasteiger partial charge in [-0.1, -0.05) is 6.07 Å². The summed E-state index contributed by atoms with van der Waals surface area (Å²) in [5.41, 5.74) is -0.321. The maximum atomic E-state index is 12.0. The van der Waals surface area contributed by atoms with Crippen molar-refractivity contribution < 1.29 is 9.53 Å². The number of morpholine rings is 1. The molecule has 1 amide bonds. The van der Waals surface area contributed by atoms with Crippen molar-refractivity contribution in [1.82, 2.24) is 14.8 Å². The number of ether oxygens (including phenoxy) is 1. The normalized spacial score (nSPS) is 14.5. The molecule has 8 nitrogen and oxygen atoms in total. The standard InChI is InChI=1S/C15H17N5O3/c21-14(17-12-3-1-2-6-16-12)11-20-15(22)5-4-13(18-20)19-7-9-23-10-8-19/h1-6H,7-11H2,(H,16,17,21). The molecule has 0 aromatic carbocycles. The monoisotopic (exact) mass is 315 g/mol. The van der Waals surface area contributed by atoms with Crippen LogP contribution in [0.1, 0.15) is 0 Å². The molecule has 3 rings (SSSR count). The highest BCUT2D eigenvalue weighted by Gasteiger charge is 2.14. The van der Waals surface area contributed by atoms with Crippen molar-refractivity contribution in [3.63, 3.8) is 0 Å². The van der Waals surface area contributed by atoms with E-state index in [1.165, 1.54) is 6.07 Å². The molecule has 2 aromatic heterocycles. The Bertz CT molecular complexity index is 725. The fourth-order valence-electron chi connectivity index (χ4n) is 2.27. The van der Waals surface area contributed by atoms with E-state index in [0.29, 0.717) is 37.9 Å². The van der Waals surface area contributed by atoms with E-state index < -0.39 is 0 Å². The number of carbonyl (C=O) groups is 1. The number of pyridine rings is 1. The zero-order chi connectivity index (χ0) is 16.1. The fourth-order valence-corrected chi connectivity index (χ4v) is 2.27. The van der Waals surface area contributed by atoms with Crippen LogP contribution in [0.25, 0.3) is 0 Å². The second kappa shape index (κ2) is 7.01. The van der Waals surface area contributed by atoms with Crippen LogP contribution in [0, 0.1) is 0 Å². The molecule has 0 atom stereocenters. The van der Waals surface area contributed by atoms with Crippen molar-refractivity contribution in [3.8, 4) is 0 Å². The number of rotatable bonds is 4. The maximum absolute atomic E-state index is 12.0. The topological polar surface area (TPSA) is 89.4 Å². The van der Waals surface area contributed by atoms with Crippen LogP contribution < -0.4 is 15.8 Å². The van der Waals surface area contributed by atoms with Crippen LogP contribution in [0.3, 0.4) is 0 Å². The number of carbonyl (C=O) groups excluding carboxylic acids is 1. The number of hydrogen-bond acceptors (Lipinski definition) is 6. The van der Waals surface area contributed by atoms with Gasteiger partial charge in [-0.2, -0.15) is 5.10 Å². The van der Waals surface area contributed by atoms with Crippen LogP contribution in [0.4, 0.5) is 11.6 Å². The molecule has 1 N–H and O–H groups in total. The van der Waals surface area contributed by atoms with Crippen molar-refractivity contribution in [2.24, 2.45) is 0 Å². The van der Waals surface area contributed by atoms with Crippen LogP contribution in [0.5, 0.6) is 0 Å². The van der Waals surface area contributed by atoms with Crippen molar-refractivity contribution in [3.05, 3.63) is 46.9 Å². The molecule has 8 heteroatoms. The van der Waals surface area contributed by atoms with Crippen LogP contribution >= 0.6 is 0 Å². The molecule has 0 radical (unpaired) electrons. The molecule has 120 valence electrons. The van der Waals surface area contributed by atoms with E-state index in [-0.39, 0.29) is 18.0 Å². The van der Waals surface area contributed by atoms with Gasteiger partial charge in [0, 0.05) is 25.4 Å². The van der Waals surface area contributed by atoms with E-state index in [1.54, 1.807) is 30.5 Å². The molecular weight excluding hydrogens is 298 g/mol. The molecule has 2 aromatic rings. The first kappa shape index (κ1) is 15.2. The van der Waals surface area contributed by atoms with E-state index in [9.17, 15) is 9.59 Å². The van der Waals surface area contributed by atoms with Gasteiger partial charge in [-0.05, 0) is 18.2 Å². The minimum absolute atomic E-state index is 0.159. The Balaban J connectivity index is 1.71. The van der Waals surface area contributed by atoms with Gasteiger partial charge in [-0.15, -0.1) is 0 Å². The second-order valence-corrected chi connectivity index (χ2v) is 5.05. The predicted molar refractivity (Wildman–Crippen MR) is 84.4 cm³/mol. The van der Waals surface area contributed by atoms with Gasteiger partial charge < -0.3 is 15.0 Å². The summed E-state index contributed by atoms with van der Waals surface area (Å²) in [4.78, 5) is 30.0. The number of aromatic nitrogens is 3. The van der Waals surface area contributed by atoms with Gasteiger partial charge in [0.05, 0.1) is 13.2 Å². The molecule has 3 heterocycles. The summed E-state index contributed by atoms with van der Waals surface area (Å²) in [6.45, 7) is 2.52. The molecule has 0 saturated carbocycles. The third-order valence-electron chi connectivity index (χ3n) is 3.41. The zero-order valence-electron chi connectivity index (χ0n) is 12.5. The zero-order valence-corrected chi connectivity index (χ0v) is 12.5. The van der Waals surface area contributed by atoms with Crippen LogP contribution in [-0.2, 0) is 16.1 Å². The number of amides is 1. The first-order chi connectivity index (χ1) is 11.2. The molecule has 23 heavy (non-hydrogen) atoms. The van der Waals surface area contributed by atoms with Crippen molar-refractivity contribution in [2.75, 3.05) is 36.5 Å². The SMILES string of the molecule is O=C(Cn1nc(N2CCOCC2)ccc1=O)Nc1ccccn1. The molecule has 1 aliphatic heterocycles. The highest BCUT2D eigenvalue weighted by atomic mass is 16.5. The minimum Gasteiger partial charge on any atom is -0.378 e. The Morgan fingerprint density at radius 2 is 2.04 bits per heavy atom. The molecule has 0 aliphatic carbocycles. The number of hydrogen-bond donors (Lipinski definition) is 1. The lowest BCUT2D eigenvalue weighted by atomic mass is 10.4. The van der Waals surface area contributed by atoms with Crippen molar-refractivity contribution >= 4 is 17.5 Å². The summed E-state index contributed by atoms with van der Waals surface area (Å²) in [6, 6.07) is 8.30. The van der Waals surface area contributed by atoms with Gasteiger partial charge in [-0.3, -0.25) is 9.59 Å².